The molecule has 3 nitrogen and oxygen atoms in total. The van der Waals surface area contributed by atoms with Gasteiger partial charge in [-0.15, -0.1) is 0 Å². The monoisotopic (exact) mass is 355 g/mol. The standard InChI is InChI=1S/C23H33NO2/c1-18(2)7-5-8-19(3)9-6-10-21-11-13-22(14-12-21)20(4)17-23(26)24-15-16-25/h7,9,11-14,17,25H,5-6,8,10,15-16H2,1-4H3,(H,24,26). The van der Waals surface area contributed by atoms with E-state index in [9.17, 15) is 4.79 Å². The molecule has 0 spiro atoms. The summed E-state index contributed by atoms with van der Waals surface area (Å²) in [5.41, 5.74) is 6.10. The van der Waals surface area contributed by atoms with Gasteiger partial charge in [0.1, 0.15) is 0 Å². The van der Waals surface area contributed by atoms with Gasteiger partial charge in [-0.25, -0.2) is 0 Å². The van der Waals surface area contributed by atoms with Crippen LogP contribution >= 0.6 is 0 Å². The van der Waals surface area contributed by atoms with Gasteiger partial charge >= 0.3 is 0 Å². The van der Waals surface area contributed by atoms with Gasteiger partial charge in [-0.1, -0.05) is 47.6 Å². The third-order valence-electron chi connectivity index (χ3n) is 4.18. The van der Waals surface area contributed by atoms with Crippen LogP contribution in [0.25, 0.3) is 5.57 Å². The van der Waals surface area contributed by atoms with Crippen LogP contribution in [0.4, 0.5) is 0 Å². The summed E-state index contributed by atoms with van der Waals surface area (Å²) in [6, 6.07) is 8.38. The molecule has 0 radical (unpaired) electrons. The highest BCUT2D eigenvalue weighted by molar-refractivity contribution is 5.94. The maximum atomic E-state index is 11.7. The van der Waals surface area contributed by atoms with Gasteiger partial charge in [-0.2, -0.15) is 0 Å². The first kappa shape index (κ1) is 21.9. The molecule has 1 aromatic rings. The summed E-state index contributed by atoms with van der Waals surface area (Å²) in [4.78, 5) is 11.7. The molecule has 1 aromatic carbocycles. The molecule has 1 rings (SSSR count). The molecule has 1 amide bonds. The fourth-order valence-electron chi connectivity index (χ4n) is 2.62. The number of nitrogens with one attached hydrogen (secondary N) is 1. The fourth-order valence-corrected chi connectivity index (χ4v) is 2.62. The summed E-state index contributed by atoms with van der Waals surface area (Å²) in [7, 11) is 0. The molecule has 0 aromatic heterocycles. The van der Waals surface area contributed by atoms with Crippen molar-refractivity contribution in [2.45, 2.75) is 53.4 Å². The predicted octanol–water partition coefficient (Wildman–Crippen LogP) is 4.82. The van der Waals surface area contributed by atoms with Gasteiger partial charge in [-0.3, -0.25) is 4.79 Å². The van der Waals surface area contributed by atoms with Crippen molar-refractivity contribution in [3.8, 4) is 0 Å². The molecule has 3 heteroatoms. The van der Waals surface area contributed by atoms with E-state index in [-0.39, 0.29) is 19.1 Å². The largest absolute Gasteiger partial charge is 0.395 e. The van der Waals surface area contributed by atoms with Crippen LogP contribution in [0.3, 0.4) is 0 Å². The van der Waals surface area contributed by atoms with E-state index in [2.05, 4.69) is 62.5 Å². The first-order valence-electron chi connectivity index (χ1n) is 9.37. The number of carbonyl (C=O) groups excluding carboxylic acids is 1. The van der Waals surface area contributed by atoms with Gasteiger partial charge in [0.05, 0.1) is 6.61 Å². The Hall–Kier alpha value is -2.13. The Balaban J connectivity index is 2.50. The van der Waals surface area contributed by atoms with E-state index in [4.69, 9.17) is 5.11 Å². The molecule has 0 atom stereocenters. The van der Waals surface area contributed by atoms with Crippen molar-refractivity contribution in [3.63, 3.8) is 0 Å². The molecule has 26 heavy (non-hydrogen) atoms. The summed E-state index contributed by atoms with van der Waals surface area (Å²) in [6.07, 6.45) is 10.5. The van der Waals surface area contributed by atoms with Crippen LogP contribution in [-0.2, 0) is 11.2 Å². The molecular formula is C23H33NO2. The van der Waals surface area contributed by atoms with Crippen LogP contribution in [-0.4, -0.2) is 24.2 Å². The Labute approximate surface area is 158 Å². The van der Waals surface area contributed by atoms with E-state index < -0.39 is 0 Å². The number of aliphatic hydroxyl groups excluding tert-OH is 1. The summed E-state index contributed by atoms with van der Waals surface area (Å²) >= 11 is 0. The molecule has 0 aliphatic carbocycles. The number of aliphatic hydroxyl groups is 1. The van der Waals surface area contributed by atoms with Crippen molar-refractivity contribution in [1.29, 1.82) is 0 Å². The van der Waals surface area contributed by atoms with Gasteiger partial charge in [0.2, 0.25) is 5.91 Å². The van der Waals surface area contributed by atoms with E-state index in [1.54, 1.807) is 6.08 Å². The molecule has 0 heterocycles. The maximum Gasteiger partial charge on any atom is 0.244 e. The number of aryl methyl sites for hydroxylation is 1. The first-order chi connectivity index (χ1) is 12.4. The van der Waals surface area contributed by atoms with Gasteiger partial charge < -0.3 is 10.4 Å². The smallest absolute Gasteiger partial charge is 0.244 e. The number of amides is 1. The Morgan fingerprint density at radius 2 is 1.73 bits per heavy atom. The van der Waals surface area contributed by atoms with E-state index in [0.29, 0.717) is 0 Å². The quantitative estimate of drug-likeness (QED) is 0.467. The average molecular weight is 356 g/mol. The van der Waals surface area contributed by atoms with Crippen LogP contribution in [0.5, 0.6) is 0 Å². The van der Waals surface area contributed by atoms with Crippen molar-refractivity contribution in [1.82, 2.24) is 5.32 Å². The van der Waals surface area contributed by atoms with Crippen LogP contribution in [0.15, 0.2) is 53.6 Å². The van der Waals surface area contributed by atoms with Crippen LogP contribution in [0.1, 0.15) is 58.1 Å². The predicted molar refractivity (Wildman–Crippen MR) is 111 cm³/mol. The lowest BCUT2D eigenvalue weighted by molar-refractivity contribution is -0.116. The molecule has 0 saturated heterocycles. The molecule has 0 fully saturated rings. The lowest BCUT2D eigenvalue weighted by Crippen LogP contribution is -2.24. The lowest BCUT2D eigenvalue weighted by atomic mass is 10.0. The molecule has 0 aliphatic rings. The number of rotatable bonds is 10. The van der Waals surface area contributed by atoms with E-state index in [1.165, 1.54) is 16.7 Å². The highest BCUT2D eigenvalue weighted by Gasteiger charge is 2.01. The SMILES string of the molecule is CC(C)=CCCC(C)=CCCc1ccc(C(C)=CC(=O)NCCO)cc1. The van der Waals surface area contributed by atoms with Crippen molar-refractivity contribution in [2.75, 3.05) is 13.2 Å². The second-order valence-electron chi connectivity index (χ2n) is 6.95. The molecule has 2 N–H and O–H groups in total. The second-order valence-corrected chi connectivity index (χ2v) is 6.95. The van der Waals surface area contributed by atoms with E-state index in [0.717, 1.165) is 36.8 Å². The average Bonchev–Trinajstić information content (AvgIpc) is 2.60. The zero-order valence-corrected chi connectivity index (χ0v) is 16.6. The third-order valence-corrected chi connectivity index (χ3v) is 4.18. The van der Waals surface area contributed by atoms with Gasteiger partial charge in [-0.05, 0) is 70.1 Å². The Kier molecular flexibility index (Phi) is 10.3. The Morgan fingerprint density at radius 1 is 1.04 bits per heavy atom. The van der Waals surface area contributed by atoms with Gasteiger partial charge in [0.15, 0.2) is 0 Å². The molecule has 0 bridgehead atoms. The second kappa shape index (κ2) is 12.3. The van der Waals surface area contributed by atoms with Crippen LogP contribution < -0.4 is 5.32 Å². The van der Waals surface area contributed by atoms with Crippen LogP contribution in [0.2, 0.25) is 0 Å². The molecule has 0 aliphatic heterocycles. The number of carbonyl (C=O) groups is 1. The molecular weight excluding hydrogens is 322 g/mol. The van der Waals surface area contributed by atoms with Gasteiger partial charge in [0.25, 0.3) is 0 Å². The zero-order chi connectivity index (χ0) is 19.4. The molecule has 0 unspecified atom stereocenters. The first-order valence-corrected chi connectivity index (χ1v) is 9.37. The molecule has 0 saturated carbocycles. The third kappa shape index (κ3) is 9.38. The summed E-state index contributed by atoms with van der Waals surface area (Å²) in [6.45, 7) is 8.64. The summed E-state index contributed by atoms with van der Waals surface area (Å²) in [5.74, 6) is -0.172. The summed E-state index contributed by atoms with van der Waals surface area (Å²) < 4.78 is 0. The van der Waals surface area contributed by atoms with Crippen molar-refractivity contribution in [2.24, 2.45) is 0 Å². The number of hydrogen-bond acceptors (Lipinski definition) is 2. The number of benzene rings is 1. The number of allylic oxidation sites excluding steroid dienone is 5. The molecule has 142 valence electrons. The van der Waals surface area contributed by atoms with Crippen LogP contribution in [0, 0.1) is 0 Å². The zero-order valence-electron chi connectivity index (χ0n) is 16.6. The van der Waals surface area contributed by atoms with E-state index in [1.807, 2.05) is 6.92 Å². The van der Waals surface area contributed by atoms with Crippen molar-refractivity contribution < 1.29 is 9.90 Å². The lowest BCUT2D eigenvalue weighted by Gasteiger charge is -2.05. The summed E-state index contributed by atoms with van der Waals surface area (Å²) in [5, 5.41) is 11.4. The topological polar surface area (TPSA) is 49.3 Å². The van der Waals surface area contributed by atoms with E-state index >= 15 is 0 Å². The Morgan fingerprint density at radius 3 is 2.35 bits per heavy atom. The minimum absolute atomic E-state index is 0.0454. The minimum atomic E-state index is -0.172. The highest BCUT2D eigenvalue weighted by atomic mass is 16.3. The fraction of sp³-hybridized carbons (Fsp3) is 0.435. The Bertz CT molecular complexity index is 647. The normalized spacial score (nSPS) is 12.0. The van der Waals surface area contributed by atoms with Crippen molar-refractivity contribution >= 4 is 11.5 Å². The highest BCUT2D eigenvalue weighted by Crippen LogP contribution is 2.16. The minimum Gasteiger partial charge on any atom is -0.395 e. The maximum absolute atomic E-state index is 11.7. The number of hydrogen-bond donors (Lipinski definition) is 2. The van der Waals surface area contributed by atoms with Crippen molar-refractivity contribution in [3.05, 3.63) is 64.8 Å². The van der Waals surface area contributed by atoms with Gasteiger partial charge in [0, 0.05) is 12.6 Å².